The average Bonchev–Trinajstić information content (AvgIpc) is 2.52. The van der Waals surface area contributed by atoms with Gasteiger partial charge in [-0.2, -0.15) is 0 Å². The smallest absolute Gasteiger partial charge is 0.322 e. The molecule has 0 spiro atoms. The van der Waals surface area contributed by atoms with Crippen LogP contribution in [0.25, 0.3) is 0 Å². The van der Waals surface area contributed by atoms with Crippen molar-refractivity contribution >= 4 is 29.7 Å². The highest BCUT2D eigenvalue weighted by molar-refractivity contribution is 5.93. The van der Waals surface area contributed by atoms with E-state index in [-0.39, 0.29) is 12.3 Å². The number of carbonyl (C=O) groups excluding carboxylic acids is 3. The van der Waals surface area contributed by atoms with E-state index in [9.17, 15) is 24.0 Å². The van der Waals surface area contributed by atoms with E-state index in [4.69, 9.17) is 15.9 Å². The van der Waals surface area contributed by atoms with Gasteiger partial charge in [-0.1, -0.05) is 13.8 Å². The third kappa shape index (κ3) is 8.97. The fourth-order valence-corrected chi connectivity index (χ4v) is 1.90. The average molecular weight is 374 g/mol. The lowest BCUT2D eigenvalue weighted by atomic mass is 10.0. The molecule has 0 aliphatic rings. The molecule has 0 aliphatic heterocycles. The highest BCUT2D eigenvalue weighted by Crippen LogP contribution is 2.05. The van der Waals surface area contributed by atoms with Gasteiger partial charge in [0.05, 0.1) is 6.04 Å². The molecule has 3 amide bonds. The first kappa shape index (κ1) is 23.3. The van der Waals surface area contributed by atoms with E-state index in [1.54, 1.807) is 13.8 Å². The molecule has 0 saturated heterocycles. The summed E-state index contributed by atoms with van der Waals surface area (Å²) >= 11 is 0. The normalized spacial score (nSPS) is 14.0. The lowest BCUT2D eigenvalue weighted by Crippen LogP contribution is -2.57. The van der Waals surface area contributed by atoms with E-state index >= 15 is 0 Å². The fourth-order valence-electron chi connectivity index (χ4n) is 1.90. The molecule has 0 fully saturated rings. The monoisotopic (exact) mass is 374 g/mol. The molecule has 0 aliphatic carbocycles. The Balaban J connectivity index is 5.13. The molecule has 0 rings (SSSR count). The van der Waals surface area contributed by atoms with Crippen molar-refractivity contribution in [1.82, 2.24) is 16.0 Å². The molecular weight excluding hydrogens is 348 g/mol. The number of hydrogen-bond acceptors (Lipinski definition) is 6. The van der Waals surface area contributed by atoms with Crippen LogP contribution < -0.4 is 21.7 Å². The maximum absolute atomic E-state index is 12.4. The van der Waals surface area contributed by atoms with Crippen molar-refractivity contribution in [3.05, 3.63) is 0 Å². The predicted molar refractivity (Wildman–Crippen MR) is 89.9 cm³/mol. The number of carboxylic acid groups (broad SMARTS) is 2. The minimum atomic E-state index is -1.29. The van der Waals surface area contributed by atoms with Crippen LogP contribution in [-0.4, -0.2) is 64.5 Å². The predicted octanol–water partition coefficient (Wildman–Crippen LogP) is -1.98. The van der Waals surface area contributed by atoms with Gasteiger partial charge in [-0.25, -0.2) is 0 Å². The number of aliphatic carboxylic acids is 2. The third-order valence-electron chi connectivity index (χ3n) is 3.35. The van der Waals surface area contributed by atoms with Gasteiger partial charge in [-0.05, 0) is 19.3 Å². The molecule has 0 radical (unpaired) electrons. The van der Waals surface area contributed by atoms with E-state index in [2.05, 4.69) is 16.0 Å². The summed E-state index contributed by atoms with van der Waals surface area (Å²) < 4.78 is 0. The van der Waals surface area contributed by atoms with Crippen LogP contribution in [0.15, 0.2) is 0 Å². The quantitative estimate of drug-likeness (QED) is 0.240. The summed E-state index contributed by atoms with van der Waals surface area (Å²) in [5.74, 6) is -4.89. The first-order valence-electron chi connectivity index (χ1n) is 8.03. The molecule has 26 heavy (non-hydrogen) atoms. The third-order valence-corrected chi connectivity index (χ3v) is 3.35. The van der Waals surface area contributed by atoms with Crippen molar-refractivity contribution in [2.45, 2.75) is 51.7 Å². The van der Waals surface area contributed by atoms with E-state index in [0.717, 1.165) is 0 Å². The Labute approximate surface area is 150 Å². The maximum atomic E-state index is 12.4. The van der Waals surface area contributed by atoms with Gasteiger partial charge in [0.15, 0.2) is 0 Å². The molecular formula is C15H26N4O7. The van der Waals surface area contributed by atoms with Crippen LogP contribution in [0.3, 0.4) is 0 Å². The second-order valence-corrected chi connectivity index (χ2v) is 6.12. The van der Waals surface area contributed by atoms with Gasteiger partial charge in [0.2, 0.25) is 17.7 Å². The minimum Gasteiger partial charge on any atom is -0.481 e. The number of carboxylic acids is 2. The van der Waals surface area contributed by atoms with Gasteiger partial charge >= 0.3 is 11.9 Å². The molecule has 0 aromatic heterocycles. The number of amides is 3. The van der Waals surface area contributed by atoms with Gasteiger partial charge in [0.1, 0.15) is 18.6 Å². The Bertz CT molecular complexity index is 548. The number of hydrogen-bond donors (Lipinski definition) is 6. The second kappa shape index (κ2) is 11.0. The van der Waals surface area contributed by atoms with E-state index in [1.165, 1.54) is 6.92 Å². The highest BCUT2D eigenvalue weighted by atomic mass is 16.4. The molecule has 3 unspecified atom stereocenters. The summed E-state index contributed by atoms with van der Waals surface area (Å²) in [5, 5.41) is 24.3. The Morgan fingerprint density at radius 2 is 1.46 bits per heavy atom. The zero-order valence-corrected chi connectivity index (χ0v) is 14.9. The molecule has 148 valence electrons. The van der Waals surface area contributed by atoms with Crippen molar-refractivity contribution in [3.63, 3.8) is 0 Å². The van der Waals surface area contributed by atoms with Gasteiger partial charge in [-0.3, -0.25) is 24.0 Å². The van der Waals surface area contributed by atoms with Gasteiger partial charge in [0.25, 0.3) is 0 Å². The topological polar surface area (TPSA) is 188 Å². The molecule has 0 aromatic rings. The lowest BCUT2D eigenvalue weighted by Gasteiger charge is -2.25. The zero-order valence-electron chi connectivity index (χ0n) is 14.9. The van der Waals surface area contributed by atoms with Gasteiger partial charge < -0.3 is 31.9 Å². The standard InChI is InChI=1S/C15H26N4O7/c1-7(2)12(19-13(24)8(3)16)15(26)18-9(4-5-10(20)21)14(25)17-6-11(22)23/h7-9,12H,4-6,16H2,1-3H3,(H,17,25)(H,18,26)(H,19,24)(H,20,21)(H,22,23). The molecule has 0 saturated carbocycles. The Kier molecular flexibility index (Phi) is 9.89. The Morgan fingerprint density at radius 1 is 0.885 bits per heavy atom. The number of rotatable bonds is 11. The van der Waals surface area contributed by atoms with Crippen LogP contribution in [0, 0.1) is 5.92 Å². The Morgan fingerprint density at radius 3 is 1.88 bits per heavy atom. The van der Waals surface area contributed by atoms with E-state index in [1.807, 2.05) is 0 Å². The number of nitrogens with two attached hydrogens (primary N) is 1. The van der Waals surface area contributed by atoms with Crippen LogP contribution in [0.4, 0.5) is 0 Å². The number of nitrogens with one attached hydrogen (secondary N) is 3. The minimum absolute atomic E-state index is 0.238. The summed E-state index contributed by atoms with van der Waals surface area (Å²) in [5.41, 5.74) is 5.45. The summed E-state index contributed by atoms with van der Waals surface area (Å²) in [7, 11) is 0. The van der Waals surface area contributed by atoms with Gasteiger partial charge in [-0.15, -0.1) is 0 Å². The molecule has 0 bridgehead atoms. The van der Waals surface area contributed by atoms with Crippen LogP contribution in [0.1, 0.15) is 33.6 Å². The summed E-state index contributed by atoms with van der Waals surface area (Å²) in [6, 6.07) is -3.09. The van der Waals surface area contributed by atoms with Crippen molar-refractivity contribution < 1.29 is 34.2 Å². The SMILES string of the molecule is CC(N)C(=O)NC(C(=O)NC(CCC(=O)O)C(=O)NCC(=O)O)C(C)C. The first-order chi connectivity index (χ1) is 12.0. The molecule has 3 atom stereocenters. The molecule has 11 heteroatoms. The van der Waals surface area contributed by atoms with Crippen LogP contribution in [0.2, 0.25) is 0 Å². The van der Waals surface area contributed by atoms with Crippen molar-refractivity contribution in [2.75, 3.05) is 6.54 Å². The lowest BCUT2D eigenvalue weighted by molar-refractivity contribution is -0.140. The summed E-state index contributed by atoms with van der Waals surface area (Å²) in [4.78, 5) is 57.5. The highest BCUT2D eigenvalue weighted by Gasteiger charge is 2.29. The van der Waals surface area contributed by atoms with Gasteiger partial charge in [0, 0.05) is 6.42 Å². The van der Waals surface area contributed by atoms with Crippen molar-refractivity contribution in [3.8, 4) is 0 Å². The molecule has 7 N–H and O–H groups in total. The van der Waals surface area contributed by atoms with Crippen LogP contribution in [0.5, 0.6) is 0 Å². The van der Waals surface area contributed by atoms with Crippen LogP contribution in [-0.2, 0) is 24.0 Å². The summed E-state index contributed by atoms with van der Waals surface area (Å²) in [6.45, 7) is 4.11. The van der Waals surface area contributed by atoms with Crippen molar-refractivity contribution in [1.29, 1.82) is 0 Å². The summed E-state index contributed by atoms with van der Waals surface area (Å²) in [6.07, 6.45) is -0.650. The van der Waals surface area contributed by atoms with E-state index in [0.29, 0.717) is 0 Å². The first-order valence-corrected chi connectivity index (χ1v) is 8.03. The molecule has 11 nitrogen and oxygen atoms in total. The zero-order chi connectivity index (χ0) is 20.4. The second-order valence-electron chi connectivity index (χ2n) is 6.12. The van der Waals surface area contributed by atoms with Crippen LogP contribution >= 0.6 is 0 Å². The molecule has 0 aromatic carbocycles. The van der Waals surface area contributed by atoms with E-state index < -0.39 is 60.8 Å². The fraction of sp³-hybridized carbons (Fsp3) is 0.667. The molecule has 0 heterocycles. The Hall–Kier alpha value is -2.69. The maximum Gasteiger partial charge on any atom is 0.322 e. The van der Waals surface area contributed by atoms with Crippen molar-refractivity contribution in [2.24, 2.45) is 11.7 Å². The largest absolute Gasteiger partial charge is 0.481 e. The number of carbonyl (C=O) groups is 5.